The summed E-state index contributed by atoms with van der Waals surface area (Å²) in [7, 11) is 0. The summed E-state index contributed by atoms with van der Waals surface area (Å²) in [6.45, 7) is 12.1. The molecule has 1 atom stereocenters. The van der Waals surface area contributed by atoms with E-state index in [0.717, 1.165) is 31.9 Å². The molecule has 1 aromatic rings. The summed E-state index contributed by atoms with van der Waals surface area (Å²) < 4.78 is 0. The van der Waals surface area contributed by atoms with Crippen molar-refractivity contribution in [1.29, 1.82) is 0 Å². The molecule has 0 spiro atoms. The number of hydrogen-bond acceptors (Lipinski definition) is 3. The summed E-state index contributed by atoms with van der Waals surface area (Å²) in [6.07, 6.45) is 1.02. The number of nitrogens with one attached hydrogen (secondary N) is 1. The van der Waals surface area contributed by atoms with Gasteiger partial charge in [-0.2, -0.15) is 0 Å². The lowest BCUT2D eigenvalue weighted by atomic mass is 10.00. The molecule has 0 radical (unpaired) electrons. The Balaban J connectivity index is 2.23. The average Bonchev–Trinajstić information content (AvgIpc) is 2.37. The zero-order chi connectivity index (χ0) is 13.1. The van der Waals surface area contributed by atoms with E-state index in [9.17, 15) is 0 Å². The zero-order valence-electron chi connectivity index (χ0n) is 12.0. The van der Waals surface area contributed by atoms with Crippen molar-refractivity contribution in [2.75, 3.05) is 24.5 Å². The molecule has 0 saturated carbocycles. The Kier molecular flexibility index (Phi) is 4.23. The molecule has 100 valence electrons. The van der Waals surface area contributed by atoms with Crippen LogP contribution in [-0.2, 0) is 6.42 Å². The van der Waals surface area contributed by atoms with Gasteiger partial charge in [-0.15, -0.1) is 0 Å². The second-order valence-electron chi connectivity index (χ2n) is 5.51. The molecule has 3 nitrogen and oxygen atoms in total. The van der Waals surface area contributed by atoms with Crippen molar-refractivity contribution in [3.05, 3.63) is 23.4 Å². The van der Waals surface area contributed by atoms with Gasteiger partial charge in [0.1, 0.15) is 5.82 Å². The van der Waals surface area contributed by atoms with E-state index < -0.39 is 0 Å². The van der Waals surface area contributed by atoms with E-state index in [4.69, 9.17) is 4.98 Å². The van der Waals surface area contributed by atoms with Crippen molar-refractivity contribution in [3.63, 3.8) is 0 Å². The largest absolute Gasteiger partial charge is 0.354 e. The first-order chi connectivity index (χ1) is 8.61. The molecule has 0 unspecified atom stereocenters. The monoisotopic (exact) mass is 247 g/mol. The number of rotatable bonds is 3. The normalized spacial score (nSPS) is 20.5. The van der Waals surface area contributed by atoms with Crippen LogP contribution in [0.4, 0.5) is 5.82 Å². The fourth-order valence-corrected chi connectivity index (χ4v) is 2.63. The number of nitrogens with zero attached hydrogens (tertiary/aromatic N) is 2. The Bertz CT molecular complexity index is 401. The van der Waals surface area contributed by atoms with Gasteiger partial charge in [0.15, 0.2) is 0 Å². The van der Waals surface area contributed by atoms with Gasteiger partial charge in [-0.1, -0.05) is 26.8 Å². The molecular weight excluding hydrogens is 222 g/mol. The maximum absolute atomic E-state index is 4.87. The Morgan fingerprint density at radius 1 is 1.44 bits per heavy atom. The molecule has 1 N–H and O–H groups in total. The third kappa shape index (κ3) is 2.83. The minimum absolute atomic E-state index is 0.551. The second-order valence-corrected chi connectivity index (χ2v) is 5.51. The molecule has 0 amide bonds. The van der Waals surface area contributed by atoms with E-state index in [1.165, 1.54) is 11.3 Å². The van der Waals surface area contributed by atoms with Crippen LogP contribution in [0.1, 0.15) is 44.9 Å². The minimum Gasteiger partial charge on any atom is -0.354 e. The molecule has 2 rings (SSSR count). The first-order valence-electron chi connectivity index (χ1n) is 7.10. The molecular formula is C15H25N3. The number of aryl methyl sites for hydroxylation is 1. The van der Waals surface area contributed by atoms with Crippen molar-refractivity contribution in [1.82, 2.24) is 10.3 Å². The highest BCUT2D eigenvalue weighted by Gasteiger charge is 2.18. The summed E-state index contributed by atoms with van der Waals surface area (Å²) in [5, 5.41) is 3.47. The van der Waals surface area contributed by atoms with Crippen molar-refractivity contribution < 1.29 is 0 Å². The third-order valence-electron chi connectivity index (χ3n) is 3.64. The topological polar surface area (TPSA) is 28.2 Å². The Morgan fingerprint density at radius 2 is 2.22 bits per heavy atom. The lowest BCUT2D eigenvalue weighted by Gasteiger charge is -2.33. The van der Waals surface area contributed by atoms with Gasteiger partial charge in [0.2, 0.25) is 0 Å². The standard InChI is InChI=1S/C15H25N3/c1-5-14-13(11(2)3)6-7-15(17-14)18-9-8-16-12(4)10-18/h6-7,11-12,16H,5,8-10H2,1-4H3/t12-/m0/s1. The maximum Gasteiger partial charge on any atom is 0.128 e. The molecule has 3 heteroatoms. The van der Waals surface area contributed by atoms with Gasteiger partial charge in [0.25, 0.3) is 0 Å². The zero-order valence-corrected chi connectivity index (χ0v) is 12.0. The van der Waals surface area contributed by atoms with Crippen LogP contribution in [-0.4, -0.2) is 30.7 Å². The number of piperazine rings is 1. The van der Waals surface area contributed by atoms with E-state index >= 15 is 0 Å². The van der Waals surface area contributed by atoms with Crippen LogP contribution in [0.2, 0.25) is 0 Å². The predicted molar refractivity (Wildman–Crippen MR) is 77.4 cm³/mol. The van der Waals surface area contributed by atoms with Crippen molar-refractivity contribution in [2.24, 2.45) is 0 Å². The highest BCUT2D eigenvalue weighted by molar-refractivity contribution is 5.43. The summed E-state index contributed by atoms with van der Waals surface area (Å²) in [6, 6.07) is 5.00. The molecule has 1 aliphatic rings. The van der Waals surface area contributed by atoms with Crippen LogP contribution in [0.5, 0.6) is 0 Å². The van der Waals surface area contributed by atoms with Crippen LogP contribution in [0.25, 0.3) is 0 Å². The van der Waals surface area contributed by atoms with Gasteiger partial charge in [-0.05, 0) is 30.9 Å². The predicted octanol–water partition coefficient (Wildman–Crippen LogP) is 2.57. The van der Waals surface area contributed by atoms with E-state index in [1.807, 2.05) is 0 Å². The molecule has 18 heavy (non-hydrogen) atoms. The number of aromatic nitrogens is 1. The van der Waals surface area contributed by atoms with Crippen LogP contribution >= 0.6 is 0 Å². The second kappa shape index (κ2) is 5.70. The first kappa shape index (κ1) is 13.3. The molecule has 1 fully saturated rings. The highest BCUT2D eigenvalue weighted by Crippen LogP contribution is 2.22. The number of anilines is 1. The van der Waals surface area contributed by atoms with E-state index in [0.29, 0.717) is 12.0 Å². The highest BCUT2D eigenvalue weighted by atomic mass is 15.2. The van der Waals surface area contributed by atoms with E-state index in [-0.39, 0.29) is 0 Å². The van der Waals surface area contributed by atoms with Gasteiger partial charge in [0.05, 0.1) is 0 Å². The Morgan fingerprint density at radius 3 is 2.83 bits per heavy atom. The van der Waals surface area contributed by atoms with Gasteiger partial charge in [0, 0.05) is 31.4 Å². The Hall–Kier alpha value is -1.09. The molecule has 1 aromatic heterocycles. The number of hydrogen-bond donors (Lipinski definition) is 1. The molecule has 1 aliphatic heterocycles. The molecule has 1 saturated heterocycles. The summed E-state index contributed by atoms with van der Waals surface area (Å²) in [5.41, 5.74) is 2.65. The van der Waals surface area contributed by atoms with Gasteiger partial charge >= 0.3 is 0 Å². The number of pyridine rings is 1. The third-order valence-corrected chi connectivity index (χ3v) is 3.64. The lowest BCUT2D eigenvalue weighted by Crippen LogP contribution is -2.49. The fourth-order valence-electron chi connectivity index (χ4n) is 2.63. The first-order valence-corrected chi connectivity index (χ1v) is 7.10. The average molecular weight is 247 g/mol. The maximum atomic E-state index is 4.87. The molecule has 0 aromatic carbocycles. The summed E-state index contributed by atoms with van der Waals surface area (Å²) in [5.74, 6) is 1.70. The molecule has 0 bridgehead atoms. The van der Waals surface area contributed by atoms with Gasteiger partial charge in [-0.3, -0.25) is 0 Å². The van der Waals surface area contributed by atoms with Crippen molar-refractivity contribution in [2.45, 2.75) is 46.1 Å². The van der Waals surface area contributed by atoms with Crippen LogP contribution in [0, 0.1) is 0 Å². The minimum atomic E-state index is 0.551. The van der Waals surface area contributed by atoms with E-state index in [1.54, 1.807) is 0 Å². The summed E-state index contributed by atoms with van der Waals surface area (Å²) >= 11 is 0. The van der Waals surface area contributed by atoms with Crippen LogP contribution in [0.3, 0.4) is 0 Å². The molecule has 0 aliphatic carbocycles. The summed E-state index contributed by atoms with van der Waals surface area (Å²) in [4.78, 5) is 7.26. The van der Waals surface area contributed by atoms with Gasteiger partial charge in [-0.25, -0.2) is 4.98 Å². The smallest absolute Gasteiger partial charge is 0.128 e. The van der Waals surface area contributed by atoms with E-state index in [2.05, 4.69) is 50.0 Å². The molecule has 2 heterocycles. The van der Waals surface area contributed by atoms with Crippen molar-refractivity contribution in [3.8, 4) is 0 Å². The quantitative estimate of drug-likeness (QED) is 0.890. The Labute approximate surface area is 111 Å². The lowest BCUT2D eigenvalue weighted by molar-refractivity contribution is 0.482. The SMILES string of the molecule is CCc1nc(N2CCN[C@@H](C)C2)ccc1C(C)C. The van der Waals surface area contributed by atoms with Crippen molar-refractivity contribution >= 4 is 5.82 Å². The van der Waals surface area contributed by atoms with Crippen LogP contribution < -0.4 is 10.2 Å². The van der Waals surface area contributed by atoms with Crippen LogP contribution in [0.15, 0.2) is 12.1 Å². The fraction of sp³-hybridized carbons (Fsp3) is 0.667. The van der Waals surface area contributed by atoms with Gasteiger partial charge < -0.3 is 10.2 Å².